The second kappa shape index (κ2) is 9.65. The molecule has 1 amide bonds. The van der Waals surface area contributed by atoms with Crippen LogP contribution in [0.3, 0.4) is 0 Å². The van der Waals surface area contributed by atoms with Gasteiger partial charge in [0.1, 0.15) is 0 Å². The van der Waals surface area contributed by atoms with Crippen LogP contribution in [-0.4, -0.2) is 30.7 Å². The summed E-state index contributed by atoms with van der Waals surface area (Å²) in [5.74, 6) is 0. The van der Waals surface area contributed by atoms with Gasteiger partial charge in [-0.25, -0.2) is 4.79 Å². The Morgan fingerprint density at radius 3 is 1.92 bits per heavy atom. The normalized spacial score (nSPS) is 8.85. The quantitative estimate of drug-likeness (QED) is 0.697. The summed E-state index contributed by atoms with van der Waals surface area (Å²) in [6, 6.07) is 0. The van der Waals surface area contributed by atoms with Gasteiger partial charge < -0.3 is 9.64 Å². The van der Waals surface area contributed by atoms with E-state index in [0.29, 0.717) is 6.61 Å². The molecule has 0 fully saturated rings. The van der Waals surface area contributed by atoms with Crippen LogP contribution in [0.1, 0.15) is 33.6 Å². The average molecular weight is 210 g/mol. The van der Waals surface area contributed by atoms with Crippen molar-refractivity contribution < 1.29 is 9.53 Å². The van der Waals surface area contributed by atoms with E-state index in [4.69, 9.17) is 4.74 Å². The highest BCUT2D eigenvalue weighted by Gasteiger charge is 2.11. The largest absolute Gasteiger partial charge is 0.450 e. The Morgan fingerprint density at radius 1 is 1.15 bits per heavy atom. The van der Waals surface area contributed by atoms with Crippen molar-refractivity contribution in [3.8, 4) is 0 Å². The first-order chi connectivity index (χ1) is 5.76. The summed E-state index contributed by atoms with van der Waals surface area (Å²) in [5, 5.41) is 0. The molecule has 0 atom stereocenters. The molecule has 0 heterocycles. The van der Waals surface area contributed by atoms with Crippen LogP contribution in [0.2, 0.25) is 0 Å². The summed E-state index contributed by atoms with van der Waals surface area (Å²) in [7, 11) is 0. The Labute approximate surface area is 86.8 Å². The second-order valence-electron chi connectivity index (χ2n) is 2.69. The average Bonchev–Trinajstić information content (AvgIpc) is 2.04. The van der Waals surface area contributed by atoms with Crippen LogP contribution in [0.25, 0.3) is 0 Å². The molecule has 0 N–H and O–H groups in total. The number of hydrogen-bond donors (Lipinski definition) is 0. The van der Waals surface area contributed by atoms with Crippen LogP contribution in [0.5, 0.6) is 0 Å². The van der Waals surface area contributed by atoms with Crippen LogP contribution >= 0.6 is 12.4 Å². The molecule has 3 nitrogen and oxygen atoms in total. The summed E-state index contributed by atoms with van der Waals surface area (Å²) < 4.78 is 4.90. The maximum absolute atomic E-state index is 11.2. The third-order valence-corrected chi connectivity index (χ3v) is 1.51. The molecule has 4 heteroatoms. The third-order valence-electron chi connectivity index (χ3n) is 1.51. The smallest absolute Gasteiger partial charge is 0.409 e. The standard InChI is InChI=1S/C9H19NO2.ClH/c1-4-7-10(8-5-2)9(11)12-6-3;/h4-8H2,1-3H3;1H. The van der Waals surface area contributed by atoms with Crippen LogP contribution in [0.4, 0.5) is 4.79 Å². The van der Waals surface area contributed by atoms with Gasteiger partial charge in [0.15, 0.2) is 0 Å². The lowest BCUT2D eigenvalue weighted by atomic mass is 10.4. The van der Waals surface area contributed by atoms with Crippen molar-refractivity contribution in [3.63, 3.8) is 0 Å². The van der Waals surface area contributed by atoms with Crippen molar-refractivity contribution in [2.45, 2.75) is 33.6 Å². The van der Waals surface area contributed by atoms with E-state index in [1.54, 1.807) is 4.90 Å². The molecule has 13 heavy (non-hydrogen) atoms. The molecule has 0 spiro atoms. The Morgan fingerprint density at radius 2 is 1.62 bits per heavy atom. The lowest BCUT2D eigenvalue weighted by molar-refractivity contribution is 0.107. The number of carbonyl (C=O) groups excluding carboxylic acids is 1. The topological polar surface area (TPSA) is 29.5 Å². The van der Waals surface area contributed by atoms with E-state index in [2.05, 4.69) is 13.8 Å². The van der Waals surface area contributed by atoms with Crippen molar-refractivity contribution in [1.82, 2.24) is 4.90 Å². The SMILES string of the molecule is CCCN(CCC)C(=O)OCC.Cl. The fourth-order valence-corrected chi connectivity index (χ4v) is 1.05. The van der Waals surface area contributed by atoms with Crippen LogP contribution in [0, 0.1) is 0 Å². The number of ether oxygens (including phenoxy) is 1. The van der Waals surface area contributed by atoms with Crippen molar-refractivity contribution in [1.29, 1.82) is 0 Å². The number of hydrogen-bond acceptors (Lipinski definition) is 2. The zero-order valence-corrected chi connectivity index (χ0v) is 9.52. The van der Waals surface area contributed by atoms with Gasteiger partial charge in [-0.15, -0.1) is 12.4 Å². The van der Waals surface area contributed by atoms with Gasteiger partial charge in [0.25, 0.3) is 0 Å². The summed E-state index contributed by atoms with van der Waals surface area (Å²) in [6.45, 7) is 8.00. The van der Waals surface area contributed by atoms with Crippen LogP contribution < -0.4 is 0 Å². The molecule has 0 aromatic carbocycles. The van der Waals surface area contributed by atoms with E-state index in [1.807, 2.05) is 6.92 Å². The second-order valence-corrected chi connectivity index (χ2v) is 2.69. The number of halogens is 1. The highest BCUT2D eigenvalue weighted by molar-refractivity contribution is 5.85. The fraction of sp³-hybridized carbons (Fsp3) is 0.889. The number of carbonyl (C=O) groups is 1. The van der Waals surface area contributed by atoms with Gasteiger partial charge in [0.2, 0.25) is 0 Å². The van der Waals surface area contributed by atoms with Crippen molar-refractivity contribution in [2.75, 3.05) is 19.7 Å². The monoisotopic (exact) mass is 209 g/mol. The first kappa shape index (κ1) is 15.1. The first-order valence-corrected chi connectivity index (χ1v) is 4.67. The Bertz CT molecular complexity index is 125. The predicted molar refractivity (Wildman–Crippen MR) is 56.4 cm³/mol. The maximum atomic E-state index is 11.2. The molecule has 0 aliphatic rings. The zero-order valence-electron chi connectivity index (χ0n) is 8.71. The molecule has 0 aliphatic heterocycles. The van der Waals surface area contributed by atoms with E-state index in [1.165, 1.54) is 0 Å². The first-order valence-electron chi connectivity index (χ1n) is 4.67. The predicted octanol–water partition coefficient (Wildman–Crippen LogP) is 2.69. The van der Waals surface area contributed by atoms with E-state index < -0.39 is 0 Å². The fourth-order valence-electron chi connectivity index (χ4n) is 1.05. The Kier molecular flexibility index (Phi) is 11.2. The number of rotatable bonds is 5. The molecule has 80 valence electrons. The van der Waals surface area contributed by atoms with Gasteiger partial charge in [0, 0.05) is 13.1 Å². The minimum absolute atomic E-state index is 0. The van der Waals surface area contributed by atoms with Gasteiger partial charge in [-0.2, -0.15) is 0 Å². The number of amides is 1. The van der Waals surface area contributed by atoms with E-state index in [9.17, 15) is 4.79 Å². The van der Waals surface area contributed by atoms with Gasteiger partial charge in [-0.05, 0) is 19.8 Å². The third kappa shape index (κ3) is 6.70. The minimum atomic E-state index is -0.179. The highest BCUT2D eigenvalue weighted by Crippen LogP contribution is 1.97. The summed E-state index contributed by atoms with van der Waals surface area (Å²) >= 11 is 0. The molecule has 0 rings (SSSR count). The van der Waals surface area contributed by atoms with Gasteiger partial charge in [-0.1, -0.05) is 13.8 Å². The van der Waals surface area contributed by atoms with Crippen LogP contribution in [-0.2, 0) is 4.74 Å². The molecule has 0 bridgehead atoms. The lowest BCUT2D eigenvalue weighted by Crippen LogP contribution is -2.32. The molecule has 0 radical (unpaired) electrons. The molecule has 0 saturated heterocycles. The molecule has 0 saturated carbocycles. The van der Waals surface area contributed by atoms with Crippen molar-refractivity contribution in [3.05, 3.63) is 0 Å². The van der Waals surface area contributed by atoms with Crippen molar-refractivity contribution in [2.24, 2.45) is 0 Å². The summed E-state index contributed by atoms with van der Waals surface area (Å²) in [4.78, 5) is 13.0. The van der Waals surface area contributed by atoms with Gasteiger partial charge in [0.05, 0.1) is 6.61 Å². The van der Waals surface area contributed by atoms with E-state index in [0.717, 1.165) is 25.9 Å². The molecule has 0 unspecified atom stereocenters. The lowest BCUT2D eigenvalue weighted by Gasteiger charge is -2.19. The maximum Gasteiger partial charge on any atom is 0.409 e. The Balaban J connectivity index is 0. The Hall–Kier alpha value is -0.440. The molecular formula is C9H20ClNO2. The van der Waals surface area contributed by atoms with E-state index in [-0.39, 0.29) is 18.5 Å². The molecule has 0 aromatic rings. The summed E-state index contributed by atoms with van der Waals surface area (Å²) in [6.07, 6.45) is 1.79. The van der Waals surface area contributed by atoms with E-state index >= 15 is 0 Å². The molecular weight excluding hydrogens is 190 g/mol. The van der Waals surface area contributed by atoms with Crippen LogP contribution in [0.15, 0.2) is 0 Å². The molecule has 0 aromatic heterocycles. The van der Waals surface area contributed by atoms with Crippen molar-refractivity contribution >= 4 is 18.5 Å². The zero-order chi connectivity index (χ0) is 9.40. The molecule has 0 aliphatic carbocycles. The van der Waals surface area contributed by atoms with Gasteiger partial charge in [-0.3, -0.25) is 0 Å². The minimum Gasteiger partial charge on any atom is -0.450 e. The summed E-state index contributed by atoms with van der Waals surface area (Å²) in [5.41, 5.74) is 0. The van der Waals surface area contributed by atoms with Gasteiger partial charge >= 0.3 is 6.09 Å². The number of nitrogens with zero attached hydrogens (tertiary/aromatic N) is 1. The highest BCUT2D eigenvalue weighted by atomic mass is 35.5.